The van der Waals surface area contributed by atoms with E-state index in [0.29, 0.717) is 0 Å². The monoisotopic (exact) mass is 413 g/mol. The molecule has 2 rings (SSSR count). The van der Waals surface area contributed by atoms with E-state index in [1.807, 2.05) is 0 Å². The van der Waals surface area contributed by atoms with Crippen molar-refractivity contribution in [1.29, 1.82) is 0 Å². The lowest BCUT2D eigenvalue weighted by Gasteiger charge is -2.34. The number of phenolic OH excluding ortho intramolecular Hbond substituents is 1. The lowest BCUT2D eigenvalue weighted by Crippen LogP contribution is -2.46. The molecule has 1 aliphatic heterocycles. The number of alkyl halides is 4. The van der Waals surface area contributed by atoms with E-state index in [4.69, 9.17) is 0 Å². The first-order valence-electron chi connectivity index (χ1n) is 5.89. The van der Waals surface area contributed by atoms with Crippen LogP contribution in [-0.4, -0.2) is 32.7 Å². The smallest absolute Gasteiger partial charge is 0.416 e. The minimum Gasteiger partial charge on any atom is -0.506 e. The van der Waals surface area contributed by atoms with Gasteiger partial charge in [0.05, 0.1) is 11.3 Å². The molecule has 0 spiro atoms. The maximum Gasteiger partial charge on any atom is 0.416 e. The summed E-state index contributed by atoms with van der Waals surface area (Å²) in [6.45, 7) is 0.196. The number of halogens is 4. The Hall–Kier alpha value is -1.45. The maximum absolute atomic E-state index is 12.7. The summed E-state index contributed by atoms with van der Waals surface area (Å²) in [7, 11) is 0. The van der Waals surface area contributed by atoms with Crippen LogP contribution in [0.15, 0.2) is 30.4 Å². The Morgan fingerprint density at radius 2 is 2.05 bits per heavy atom. The van der Waals surface area contributed by atoms with Crippen molar-refractivity contribution in [3.05, 3.63) is 35.9 Å². The highest BCUT2D eigenvalue weighted by atomic mass is 127. The van der Waals surface area contributed by atoms with Crippen LogP contribution in [0, 0.1) is 0 Å². The van der Waals surface area contributed by atoms with Crippen molar-refractivity contribution in [2.24, 2.45) is 0 Å². The van der Waals surface area contributed by atoms with Crippen LogP contribution in [0.5, 0.6) is 5.75 Å². The van der Waals surface area contributed by atoms with Crippen molar-refractivity contribution < 1.29 is 28.2 Å². The normalized spacial score (nSPS) is 22.4. The Morgan fingerprint density at radius 1 is 1.38 bits per heavy atom. The van der Waals surface area contributed by atoms with Crippen LogP contribution < -0.4 is 4.90 Å². The molecule has 1 unspecified atom stereocenters. The molecule has 4 nitrogen and oxygen atoms in total. The van der Waals surface area contributed by atoms with Crippen molar-refractivity contribution in [3.63, 3.8) is 0 Å². The predicted molar refractivity (Wildman–Crippen MR) is 78.8 cm³/mol. The summed E-state index contributed by atoms with van der Waals surface area (Å²) in [5.74, 6) is -1.40. The fourth-order valence-corrected chi connectivity index (χ4v) is 2.70. The Morgan fingerprint density at radius 3 is 2.62 bits per heavy atom. The molecular formula is C13H11F3INO3. The van der Waals surface area contributed by atoms with Gasteiger partial charge in [0, 0.05) is 13.1 Å². The number of aromatic hydroxyl groups is 1. The van der Waals surface area contributed by atoms with Gasteiger partial charge in [-0.3, -0.25) is 4.79 Å². The highest BCUT2D eigenvalue weighted by Crippen LogP contribution is 2.38. The van der Waals surface area contributed by atoms with Crippen molar-refractivity contribution in [2.75, 3.05) is 18.0 Å². The van der Waals surface area contributed by atoms with Gasteiger partial charge in [0.2, 0.25) is 0 Å². The van der Waals surface area contributed by atoms with Gasteiger partial charge in [-0.2, -0.15) is 13.2 Å². The average molecular weight is 413 g/mol. The zero-order valence-electron chi connectivity index (χ0n) is 10.6. The van der Waals surface area contributed by atoms with E-state index < -0.39 is 21.1 Å². The first-order valence-corrected chi connectivity index (χ1v) is 6.96. The number of benzene rings is 1. The van der Waals surface area contributed by atoms with Crippen molar-refractivity contribution in [1.82, 2.24) is 0 Å². The molecule has 0 amide bonds. The quantitative estimate of drug-likeness (QED) is 0.445. The van der Waals surface area contributed by atoms with Gasteiger partial charge >= 0.3 is 12.1 Å². The molecule has 0 radical (unpaired) electrons. The molecule has 0 aliphatic carbocycles. The largest absolute Gasteiger partial charge is 0.506 e. The van der Waals surface area contributed by atoms with Crippen LogP contribution in [0.2, 0.25) is 0 Å². The third-order valence-corrected chi connectivity index (χ3v) is 4.29. The van der Waals surface area contributed by atoms with Crippen LogP contribution >= 0.6 is 22.6 Å². The summed E-state index contributed by atoms with van der Waals surface area (Å²) >= 11 is 1.73. The van der Waals surface area contributed by atoms with Crippen molar-refractivity contribution in [2.45, 2.75) is 9.60 Å². The second-order valence-electron chi connectivity index (χ2n) is 4.65. The summed E-state index contributed by atoms with van der Waals surface area (Å²) in [4.78, 5) is 12.6. The summed E-state index contributed by atoms with van der Waals surface area (Å²) < 4.78 is 37.0. The molecule has 1 heterocycles. The molecule has 0 bridgehead atoms. The Bertz CT molecular complexity index is 603. The van der Waals surface area contributed by atoms with E-state index in [1.54, 1.807) is 28.7 Å². The molecule has 1 aromatic rings. The van der Waals surface area contributed by atoms with Gasteiger partial charge in [-0.15, -0.1) is 0 Å². The molecule has 0 fully saturated rings. The number of hydrogen-bond donors (Lipinski definition) is 2. The summed E-state index contributed by atoms with van der Waals surface area (Å²) in [5, 5.41) is 19.0. The highest BCUT2D eigenvalue weighted by Gasteiger charge is 2.38. The fraction of sp³-hybridized carbons (Fsp3) is 0.308. The number of rotatable bonds is 2. The van der Waals surface area contributed by atoms with Crippen LogP contribution in [0.1, 0.15) is 5.56 Å². The molecule has 1 aliphatic rings. The second-order valence-corrected chi connectivity index (χ2v) is 6.58. The van der Waals surface area contributed by atoms with Gasteiger partial charge in [0.25, 0.3) is 0 Å². The fourth-order valence-electron chi connectivity index (χ4n) is 2.04. The minimum atomic E-state index is -4.53. The van der Waals surface area contributed by atoms with Crippen LogP contribution in [-0.2, 0) is 11.0 Å². The second kappa shape index (κ2) is 5.39. The van der Waals surface area contributed by atoms with E-state index in [1.165, 1.54) is 11.0 Å². The number of nitrogens with zero attached hydrogens (tertiary/aromatic N) is 1. The molecular weight excluding hydrogens is 402 g/mol. The SMILES string of the molecule is O=C(O)C1(I)C=CCN(c2cc(C(F)(F)F)ccc2O)C1. The first-order chi connectivity index (χ1) is 9.63. The van der Waals surface area contributed by atoms with E-state index in [2.05, 4.69) is 0 Å². The number of carboxylic acid groups (broad SMARTS) is 1. The maximum atomic E-state index is 12.7. The first kappa shape index (κ1) is 15.9. The molecule has 0 saturated carbocycles. The van der Waals surface area contributed by atoms with E-state index >= 15 is 0 Å². The topological polar surface area (TPSA) is 60.8 Å². The van der Waals surface area contributed by atoms with Gasteiger partial charge in [0.15, 0.2) is 3.42 Å². The molecule has 0 saturated heterocycles. The molecule has 2 N–H and O–H groups in total. The van der Waals surface area contributed by atoms with Gasteiger partial charge in [-0.05, 0) is 18.2 Å². The standard InChI is InChI=1S/C13H11F3INO3/c14-13(15,16)8-2-3-10(19)9(6-8)18-5-1-4-12(17,7-18)11(20)21/h1-4,6,19H,5,7H2,(H,20,21). The van der Waals surface area contributed by atoms with Crippen LogP contribution in [0.25, 0.3) is 0 Å². The third-order valence-electron chi connectivity index (χ3n) is 3.13. The summed E-state index contributed by atoms with van der Waals surface area (Å²) in [6.07, 6.45) is -1.47. The van der Waals surface area contributed by atoms with Crippen molar-refractivity contribution in [3.8, 4) is 5.75 Å². The summed E-state index contributed by atoms with van der Waals surface area (Å²) in [5.41, 5.74) is -0.921. The number of phenols is 1. The van der Waals surface area contributed by atoms with E-state index in [0.717, 1.165) is 18.2 Å². The Kier molecular flexibility index (Phi) is 4.09. The van der Waals surface area contributed by atoms with Crippen LogP contribution in [0.4, 0.5) is 18.9 Å². The Balaban J connectivity index is 2.39. The number of anilines is 1. The summed E-state index contributed by atoms with van der Waals surface area (Å²) in [6, 6.07) is 2.58. The van der Waals surface area contributed by atoms with Gasteiger partial charge in [-0.1, -0.05) is 34.7 Å². The zero-order valence-corrected chi connectivity index (χ0v) is 12.7. The third kappa shape index (κ3) is 3.25. The number of carboxylic acids is 1. The average Bonchev–Trinajstić information content (AvgIpc) is 2.37. The molecule has 114 valence electrons. The lowest BCUT2D eigenvalue weighted by molar-refractivity contribution is -0.138. The molecule has 1 aromatic carbocycles. The molecule has 8 heteroatoms. The van der Waals surface area contributed by atoms with Crippen molar-refractivity contribution >= 4 is 34.2 Å². The van der Waals surface area contributed by atoms with E-state index in [9.17, 15) is 28.2 Å². The lowest BCUT2D eigenvalue weighted by atomic mass is 10.0. The minimum absolute atomic E-state index is 0.0310. The zero-order chi connectivity index (χ0) is 15.8. The van der Waals surface area contributed by atoms with Gasteiger partial charge in [0.1, 0.15) is 5.75 Å². The van der Waals surface area contributed by atoms with Gasteiger partial charge in [-0.25, -0.2) is 0 Å². The predicted octanol–water partition coefficient (Wildman–Crippen LogP) is 3.05. The Labute approximate surface area is 132 Å². The number of aliphatic carboxylic acids is 1. The van der Waals surface area contributed by atoms with Gasteiger partial charge < -0.3 is 15.1 Å². The highest BCUT2D eigenvalue weighted by molar-refractivity contribution is 14.1. The number of carbonyl (C=O) groups is 1. The number of hydrogen-bond acceptors (Lipinski definition) is 3. The molecule has 21 heavy (non-hydrogen) atoms. The molecule has 0 aromatic heterocycles. The van der Waals surface area contributed by atoms with Crippen LogP contribution in [0.3, 0.4) is 0 Å². The molecule has 1 atom stereocenters. The van der Waals surface area contributed by atoms with E-state index in [-0.39, 0.29) is 24.5 Å².